The molecule has 1 aliphatic heterocycles. The van der Waals surface area contributed by atoms with Gasteiger partial charge in [0.15, 0.2) is 0 Å². The first kappa shape index (κ1) is 16.8. The normalized spacial score (nSPS) is 16.4. The Kier molecular flexibility index (Phi) is 5.22. The van der Waals surface area contributed by atoms with Gasteiger partial charge in [-0.15, -0.1) is 22.7 Å². The van der Waals surface area contributed by atoms with Gasteiger partial charge in [-0.05, 0) is 17.5 Å². The van der Waals surface area contributed by atoms with Gasteiger partial charge < -0.3 is 0 Å². The second-order valence-corrected chi connectivity index (χ2v) is 8.07. The van der Waals surface area contributed by atoms with Gasteiger partial charge in [0.1, 0.15) is 10.8 Å². The van der Waals surface area contributed by atoms with E-state index in [9.17, 15) is 4.39 Å². The average Bonchev–Trinajstić information content (AvgIpc) is 3.30. The van der Waals surface area contributed by atoms with E-state index < -0.39 is 0 Å². The first-order chi connectivity index (χ1) is 12.3. The molecular weight excluding hydrogens is 353 g/mol. The van der Waals surface area contributed by atoms with Crippen LogP contribution in [0.5, 0.6) is 0 Å². The molecule has 1 aliphatic rings. The molecule has 0 atom stereocenters. The Hall–Kier alpha value is -1.60. The van der Waals surface area contributed by atoms with Crippen molar-refractivity contribution in [1.29, 1.82) is 0 Å². The lowest BCUT2D eigenvalue weighted by Crippen LogP contribution is -2.45. The second kappa shape index (κ2) is 7.74. The molecule has 1 fully saturated rings. The van der Waals surface area contributed by atoms with E-state index in [0.29, 0.717) is 6.54 Å². The summed E-state index contributed by atoms with van der Waals surface area (Å²) in [6.07, 6.45) is 0. The first-order valence-corrected chi connectivity index (χ1v) is 10.2. The monoisotopic (exact) mass is 373 g/mol. The van der Waals surface area contributed by atoms with Gasteiger partial charge in [-0.25, -0.2) is 9.37 Å². The molecule has 0 radical (unpaired) electrons. The molecule has 0 aliphatic carbocycles. The zero-order valence-electron chi connectivity index (χ0n) is 13.9. The van der Waals surface area contributed by atoms with Crippen molar-refractivity contribution in [2.75, 3.05) is 26.2 Å². The third kappa shape index (κ3) is 4.15. The molecule has 0 unspecified atom stereocenters. The van der Waals surface area contributed by atoms with Crippen molar-refractivity contribution < 1.29 is 4.39 Å². The Bertz CT molecular complexity index is 808. The first-order valence-electron chi connectivity index (χ1n) is 8.44. The second-order valence-electron chi connectivity index (χ2n) is 6.27. The molecule has 6 heteroatoms. The molecule has 130 valence electrons. The van der Waals surface area contributed by atoms with Gasteiger partial charge in [-0.2, -0.15) is 0 Å². The number of thiophene rings is 1. The van der Waals surface area contributed by atoms with Crippen LogP contribution in [0.25, 0.3) is 9.88 Å². The highest BCUT2D eigenvalue weighted by Gasteiger charge is 2.19. The molecule has 2 aromatic heterocycles. The van der Waals surface area contributed by atoms with E-state index in [4.69, 9.17) is 4.98 Å². The molecule has 3 aromatic rings. The predicted molar refractivity (Wildman–Crippen MR) is 102 cm³/mol. The van der Waals surface area contributed by atoms with Crippen LogP contribution in [0.1, 0.15) is 11.3 Å². The number of nitrogens with zero attached hydrogens (tertiary/aromatic N) is 3. The molecule has 3 heterocycles. The summed E-state index contributed by atoms with van der Waals surface area (Å²) < 4.78 is 13.8. The van der Waals surface area contributed by atoms with E-state index in [0.717, 1.165) is 49.0 Å². The third-order valence-corrected chi connectivity index (χ3v) is 6.42. The van der Waals surface area contributed by atoms with E-state index >= 15 is 0 Å². The summed E-state index contributed by atoms with van der Waals surface area (Å²) in [6, 6.07) is 11.3. The number of rotatable bonds is 5. The summed E-state index contributed by atoms with van der Waals surface area (Å²) in [7, 11) is 0. The smallest absolute Gasteiger partial charge is 0.133 e. The zero-order chi connectivity index (χ0) is 17.1. The van der Waals surface area contributed by atoms with Gasteiger partial charge in [-0.1, -0.05) is 24.3 Å². The van der Waals surface area contributed by atoms with Crippen LogP contribution in [-0.2, 0) is 13.1 Å². The van der Waals surface area contributed by atoms with Crippen molar-refractivity contribution in [3.63, 3.8) is 0 Å². The molecule has 0 N–H and O–H groups in total. The van der Waals surface area contributed by atoms with Crippen molar-refractivity contribution in [1.82, 2.24) is 14.8 Å². The summed E-state index contributed by atoms with van der Waals surface area (Å²) in [4.78, 5) is 10.8. The molecular formula is C19H20FN3S2. The highest BCUT2D eigenvalue weighted by atomic mass is 32.1. The Balaban J connectivity index is 1.30. The SMILES string of the molecule is Fc1ccccc1CN1CCN(Cc2csc(-c3cccs3)n2)CC1. The number of halogens is 1. The maximum absolute atomic E-state index is 13.8. The minimum Gasteiger partial charge on any atom is -0.296 e. The maximum Gasteiger partial charge on any atom is 0.133 e. The van der Waals surface area contributed by atoms with Crippen LogP contribution in [0.15, 0.2) is 47.2 Å². The van der Waals surface area contributed by atoms with Gasteiger partial charge in [0.2, 0.25) is 0 Å². The predicted octanol–water partition coefficient (Wildman–Crippen LogP) is 4.33. The fourth-order valence-electron chi connectivity index (χ4n) is 3.10. The van der Waals surface area contributed by atoms with Gasteiger partial charge in [0.05, 0.1) is 10.6 Å². The molecule has 0 bridgehead atoms. The van der Waals surface area contributed by atoms with Crippen molar-refractivity contribution in [3.05, 3.63) is 64.2 Å². The van der Waals surface area contributed by atoms with Crippen molar-refractivity contribution in [2.45, 2.75) is 13.1 Å². The molecule has 0 amide bonds. The largest absolute Gasteiger partial charge is 0.296 e. The summed E-state index contributed by atoms with van der Waals surface area (Å²) in [5, 5.41) is 5.37. The summed E-state index contributed by atoms with van der Waals surface area (Å²) in [6.45, 7) is 5.53. The van der Waals surface area contributed by atoms with E-state index in [2.05, 4.69) is 32.7 Å². The number of benzene rings is 1. The van der Waals surface area contributed by atoms with Gasteiger partial charge in [-0.3, -0.25) is 9.80 Å². The van der Waals surface area contributed by atoms with Gasteiger partial charge in [0.25, 0.3) is 0 Å². The lowest BCUT2D eigenvalue weighted by Gasteiger charge is -2.34. The third-order valence-electron chi connectivity index (χ3n) is 4.49. The van der Waals surface area contributed by atoms with E-state index in [-0.39, 0.29) is 5.82 Å². The van der Waals surface area contributed by atoms with E-state index in [1.54, 1.807) is 34.8 Å². The molecule has 1 saturated heterocycles. The Labute approximate surface area is 155 Å². The van der Waals surface area contributed by atoms with Crippen LogP contribution in [0.2, 0.25) is 0 Å². The minimum absolute atomic E-state index is 0.103. The zero-order valence-corrected chi connectivity index (χ0v) is 15.5. The van der Waals surface area contributed by atoms with Crippen molar-refractivity contribution >= 4 is 22.7 Å². The fourth-order valence-corrected chi connectivity index (χ4v) is 4.72. The van der Waals surface area contributed by atoms with Crippen LogP contribution in [0, 0.1) is 5.82 Å². The van der Waals surface area contributed by atoms with Crippen LogP contribution in [-0.4, -0.2) is 41.0 Å². The highest BCUT2D eigenvalue weighted by Crippen LogP contribution is 2.28. The molecule has 3 nitrogen and oxygen atoms in total. The van der Waals surface area contributed by atoms with Crippen LogP contribution in [0.3, 0.4) is 0 Å². The number of hydrogen-bond acceptors (Lipinski definition) is 5. The fraction of sp³-hybridized carbons (Fsp3) is 0.316. The maximum atomic E-state index is 13.8. The number of thiazole rings is 1. The topological polar surface area (TPSA) is 19.4 Å². The van der Waals surface area contributed by atoms with E-state index in [1.165, 1.54) is 4.88 Å². The van der Waals surface area contributed by atoms with Crippen LogP contribution < -0.4 is 0 Å². The number of aromatic nitrogens is 1. The molecule has 25 heavy (non-hydrogen) atoms. The molecule has 4 rings (SSSR count). The number of piperazine rings is 1. The summed E-state index contributed by atoms with van der Waals surface area (Å²) in [5.41, 5.74) is 1.94. The Morgan fingerprint density at radius 2 is 1.68 bits per heavy atom. The van der Waals surface area contributed by atoms with E-state index in [1.807, 2.05) is 12.1 Å². The average molecular weight is 374 g/mol. The summed E-state index contributed by atoms with van der Waals surface area (Å²) in [5.74, 6) is -0.103. The van der Waals surface area contributed by atoms with Crippen molar-refractivity contribution in [2.24, 2.45) is 0 Å². The lowest BCUT2D eigenvalue weighted by molar-refractivity contribution is 0.120. The molecule has 0 saturated carbocycles. The molecule has 0 spiro atoms. The van der Waals surface area contributed by atoms with Gasteiger partial charge >= 0.3 is 0 Å². The molecule has 1 aromatic carbocycles. The van der Waals surface area contributed by atoms with Crippen LogP contribution >= 0.6 is 22.7 Å². The standard InChI is InChI=1S/C19H20FN3S2/c20-17-5-2-1-4-15(17)12-22-7-9-23(10-8-22)13-16-14-25-19(21-16)18-6-3-11-24-18/h1-6,11,14H,7-10,12-13H2. The Morgan fingerprint density at radius 1 is 0.920 bits per heavy atom. The minimum atomic E-state index is -0.103. The highest BCUT2D eigenvalue weighted by molar-refractivity contribution is 7.20. The summed E-state index contributed by atoms with van der Waals surface area (Å²) >= 11 is 3.46. The quantitative estimate of drug-likeness (QED) is 0.664. The van der Waals surface area contributed by atoms with Crippen LogP contribution in [0.4, 0.5) is 4.39 Å². The van der Waals surface area contributed by atoms with Crippen molar-refractivity contribution in [3.8, 4) is 9.88 Å². The lowest BCUT2D eigenvalue weighted by atomic mass is 10.2. The number of hydrogen-bond donors (Lipinski definition) is 0. The Morgan fingerprint density at radius 3 is 2.40 bits per heavy atom. The van der Waals surface area contributed by atoms with Gasteiger partial charge in [0, 0.05) is 50.2 Å².